The van der Waals surface area contributed by atoms with Gasteiger partial charge in [-0.25, -0.2) is 4.98 Å². The van der Waals surface area contributed by atoms with Crippen LogP contribution in [-0.2, 0) is 4.79 Å². The highest BCUT2D eigenvalue weighted by Gasteiger charge is 2.30. The highest BCUT2D eigenvalue weighted by Crippen LogP contribution is 2.34. The van der Waals surface area contributed by atoms with E-state index in [1.807, 2.05) is 42.5 Å². The van der Waals surface area contributed by atoms with Crippen molar-refractivity contribution in [3.63, 3.8) is 0 Å². The van der Waals surface area contributed by atoms with E-state index in [2.05, 4.69) is 16.2 Å². The van der Waals surface area contributed by atoms with E-state index >= 15 is 0 Å². The highest BCUT2D eigenvalue weighted by atomic mass is 16.3. The van der Waals surface area contributed by atoms with Gasteiger partial charge in [0.15, 0.2) is 11.8 Å². The fourth-order valence-electron chi connectivity index (χ4n) is 4.64. The fourth-order valence-corrected chi connectivity index (χ4v) is 4.64. The number of aliphatic hydroxyl groups excluding tert-OH is 2. The maximum Gasteiger partial charge on any atom is 0.253 e. The van der Waals surface area contributed by atoms with Gasteiger partial charge in [-0.2, -0.15) is 14.9 Å². The summed E-state index contributed by atoms with van der Waals surface area (Å²) in [5.41, 5.74) is 11.2. The summed E-state index contributed by atoms with van der Waals surface area (Å²) in [7, 11) is 0. The normalized spacial score (nSPS) is 15.1. The number of amides is 1. The molecule has 1 aliphatic rings. The largest absolute Gasteiger partial charge is 0.393 e. The molecule has 10 nitrogen and oxygen atoms in total. The van der Waals surface area contributed by atoms with Gasteiger partial charge in [0.2, 0.25) is 0 Å². The van der Waals surface area contributed by atoms with Gasteiger partial charge in [0.1, 0.15) is 17.5 Å². The molecule has 1 amide bonds. The molecule has 0 saturated carbocycles. The SMILES string of the molecule is N#Cc1c(C2CCN(C(=O)C(O)CO)CC2)nc2c(-c3ccc(-c4ccccc4)nc3)cnn2c1N. The Labute approximate surface area is 207 Å². The molecule has 36 heavy (non-hydrogen) atoms. The van der Waals surface area contributed by atoms with Gasteiger partial charge < -0.3 is 20.8 Å². The van der Waals surface area contributed by atoms with E-state index in [0.717, 1.165) is 22.4 Å². The quantitative estimate of drug-likeness (QED) is 0.389. The van der Waals surface area contributed by atoms with Crippen molar-refractivity contribution in [2.24, 2.45) is 0 Å². The molecular formula is C26H25N7O3. The van der Waals surface area contributed by atoms with Crippen LogP contribution in [0.3, 0.4) is 0 Å². The molecule has 4 N–H and O–H groups in total. The molecular weight excluding hydrogens is 458 g/mol. The van der Waals surface area contributed by atoms with Crippen LogP contribution in [0.4, 0.5) is 5.82 Å². The minimum absolute atomic E-state index is 0.0939. The number of nitrogens with zero attached hydrogens (tertiary/aromatic N) is 6. The molecule has 0 spiro atoms. The first kappa shape index (κ1) is 23.4. The molecule has 1 unspecified atom stereocenters. The number of hydrogen-bond donors (Lipinski definition) is 3. The van der Waals surface area contributed by atoms with E-state index in [1.165, 1.54) is 9.42 Å². The van der Waals surface area contributed by atoms with Crippen molar-refractivity contribution in [3.8, 4) is 28.5 Å². The highest BCUT2D eigenvalue weighted by molar-refractivity contribution is 5.81. The summed E-state index contributed by atoms with van der Waals surface area (Å²) in [5, 5.41) is 33.0. The number of nitrogen functional groups attached to an aromatic ring is 1. The van der Waals surface area contributed by atoms with Gasteiger partial charge in [-0.15, -0.1) is 0 Å². The average Bonchev–Trinajstić information content (AvgIpc) is 3.37. The molecule has 0 radical (unpaired) electrons. The number of pyridine rings is 1. The molecule has 3 aromatic heterocycles. The van der Waals surface area contributed by atoms with Crippen LogP contribution in [-0.4, -0.2) is 66.4 Å². The van der Waals surface area contributed by atoms with Crippen molar-refractivity contribution in [1.29, 1.82) is 5.26 Å². The summed E-state index contributed by atoms with van der Waals surface area (Å²) in [6.45, 7) is 0.154. The van der Waals surface area contributed by atoms with Gasteiger partial charge in [-0.3, -0.25) is 9.78 Å². The van der Waals surface area contributed by atoms with E-state index in [-0.39, 0.29) is 17.3 Å². The number of anilines is 1. The third-order valence-electron chi connectivity index (χ3n) is 6.62. The standard InChI is InChI=1S/C26H25N7O3/c27-12-19-23(17-8-10-32(11-9-17)26(36)22(35)15-34)31-25-20(14-30-33(25)24(19)28)18-6-7-21(29-13-18)16-4-2-1-3-5-16/h1-7,13-14,17,22,34-35H,8-11,15,28H2. The number of aliphatic hydroxyl groups is 2. The van der Waals surface area contributed by atoms with E-state index in [9.17, 15) is 15.2 Å². The van der Waals surface area contributed by atoms with Gasteiger partial charge in [0.05, 0.1) is 24.2 Å². The number of carbonyl (C=O) groups is 1. The average molecular weight is 484 g/mol. The minimum atomic E-state index is -1.42. The van der Waals surface area contributed by atoms with Crippen molar-refractivity contribution >= 4 is 17.4 Å². The molecule has 1 aromatic carbocycles. The maximum atomic E-state index is 12.2. The van der Waals surface area contributed by atoms with Crippen LogP contribution in [0.1, 0.15) is 30.0 Å². The van der Waals surface area contributed by atoms with Gasteiger partial charge >= 0.3 is 0 Å². The zero-order chi connectivity index (χ0) is 25.2. The summed E-state index contributed by atoms with van der Waals surface area (Å²) < 4.78 is 1.47. The Morgan fingerprint density at radius 1 is 1.14 bits per heavy atom. The van der Waals surface area contributed by atoms with E-state index in [1.54, 1.807) is 12.4 Å². The monoisotopic (exact) mass is 483 g/mol. The molecule has 5 rings (SSSR count). The third kappa shape index (κ3) is 4.15. The Kier molecular flexibility index (Phi) is 6.33. The van der Waals surface area contributed by atoms with Crippen LogP contribution in [0.5, 0.6) is 0 Å². The number of hydrogen-bond acceptors (Lipinski definition) is 8. The summed E-state index contributed by atoms with van der Waals surface area (Å²) in [4.78, 5) is 23.2. The number of piperidine rings is 1. The lowest BCUT2D eigenvalue weighted by Crippen LogP contribution is -2.44. The molecule has 1 aliphatic heterocycles. The predicted octanol–water partition coefficient (Wildman–Crippen LogP) is 1.97. The number of likely N-dealkylation sites (tertiary alicyclic amines) is 1. The number of nitrogens with two attached hydrogens (primary N) is 1. The fraction of sp³-hybridized carbons (Fsp3) is 0.269. The number of nitriles is 1. The summed E-state index contributed by atoms with van der Waals surface area (Å²) in [5.74, 6) is -0.376. The molecule has 182 valence electrons. The summed E-state index contributed by atoms with van der Waals surface area (Å²) in [6, 6.07) is 16.0. The molecule has 4 heterocycles. The van der Waals surface area contributed by atoms with Crippen LogP contribution in [0.2, 0.25) is 0 Å². The molecule has 0 aliphatic carbocycles. The van der Waals surface area contributed by atoms with E-state index in [4.69, 9.17) is 15.8 Å². The number of carbonyl (C=O) groups excluding carboxylic acids is 1. The summed E-state index contributed by atoms with van der Waals surface area (Å²) in [6.07, 6.45) is 3.12. The van der Waals surface area contributed by atoms with Crippen LogP contribution >= 0.6 is 0 Å². The second kappa shape index (κ2) is 9.73. The van der Waals surface area contributed by atoms with E-state index in [0.29, 0.717) is 37.3 Å². The first-order valence-corrected chi connectivity index (χ1v) is 11.7. The number of aromatic nitrogens is 4. The first-order chi connectivity index (χ1) is 17.5. The van der Waals surface area contributed by atoms with Gasteiger partial charge in [-0.1, -0.05) is 36.4 Å². The molecule has 1 saturated heterocycles. The molecule has 1 fully saturated rings. The van der Waals surface area contributed by atoms with Gasteiger partial charge in [-0.05, 0) is 18.9 Å². The molecule has 4 aromatic rings. The second-order valence-corrected chi connectivity index (χ2v) is 8.76. The second-order valence-electron chi connectivity index (χ2n) is 8.76. The lowest BCUT2D eigenvalue weighted by atomic mass is 9.90. The Morgan fingerprint density at radius 3 is 2.53 bits per heavy atom. The van der Waals surface area contributed by atoms with Gasteiger partial charge in [0.25, 0.3) is 5.91 Å². The summed E-state index contributed by atoms with van der Waals surface area (Å²) >= 11 is 0. The number of fused-ring (bicyclic) bond motifs is 1. The lowest BCUT2D eigenvalue weighted by molar-refractivity contribution is -0.143. The third-order valence-corrected chi connectivity index (χ3v) is 6.62. The van der Waals surface area contributed by atoms with Crippen LogP contribution in [0, 0.1) is 11.3 Å². The maximum absolute atomic E-state index is 12.2. The first-order valence-electron chi connectivity index (χ1n) is 11.7. The Bertz CT molecular complexity index is 1440. The van der Waals surface area contributed by atoms with E-state index < -0.39 is 18.6 Å². The Hall–Kier alpha value is -4.33. The van der Waals surface area contributed by atoms with Crippen LogP contribution < -0.4 is 5.73 Å². The van der Waals surface area contributed by atoms with Crippen molar-refractivity contribution in [3.05, 3.63) is 66.1 Å². The van der Waals surface area contributed by atoms with Crippen molar-refractivity contribution in [2.75, 3.05) is 25.4 Å². The lowest BCUT2D eigenvalue weighted by Gasteiger charge is -2.33. The van der Waals surface area contributed by atoms with Gasteiger partial charge in [0, 0.05) is 41.9 Å². The minimum Gasteiger partial charge on any atom is -0.393 e. The number of rotatable bonds is 5. The van der Waals surface area contributed by atoms with Crippen molar-refractivity contribution in [2.45, 2.75) is 24.9 Å². The van der Waals surface area contributed by atoms with Crippen molar-refractivity contribution < 1.29 is 15.0 Å². The smallest absolute Gasteiger partial charge is 0.253 e. The van der Waals surface area contributed by atoms with Crippen LogP contribution in [0.25, 0.3) is 28.0 Å². The number of benzene rings is 1. The molecule has 1 atom stereocenters. The zero-order valence-electron chi connectivity index (χ0n) is 19.4. The predicted molar refractivity (Wildman–Crippen MR) is 132 cm³/mol. The van der Waals surface area contributed by atoms with Crippen LogP contribution in [0.15, 0.2) is 54.9 Å². The molecule has 0 bridgehead atoms. The topological polar surface area (TPSA) is 154 Å². The molecule has 10 heteroatoms. The Balaban J connectivity index is 1.47. The Morgan fingerprint density at radius 2 is 1.89 bits per heavy atom. The van der Waals surface area contributed by atoms with Crippen molar-refractivity contribution in [1.82, 2.24) is 24.5 Å². The zero-order valence-corrected chi connectivity index (χ0v) is 19.4.